The van der Waals surface area contributed by atoms with Gasteiger partial charge >= 0.3 is 0 Å². The van der Waals surface area contributed by atoms with E-state index >= 15 is 0 Å². The van der Waals surface area contributed by atoms with Gasteiger partial charge in [-0.2, -0.15) is 0 Å². The molecule has 0 atom stereocenters. The Morgan fingerprint density at radius 3 is 2.79 bits per heavy atom. The molecule has 0 radical (unpaired) electrons. The summed E-state index contributed by atoms with van der Waals surface area (Å²) >= 11 is 6.03. The highest BCUT2D eigenvalue weighted by atomic mass is 35.5. The van der Waals surface area contributed by atoms with Gasteiger partial charge in [-0.1, -0.05) is 17.7 Å². The minimum Gasteiger partial charge on any atom is -0.326 e. The fourth-order valence-electron chi connectivity index (χ4n) is 2.29. The molecule has 0 unspecified atom stereocenters. The smallest absolute Gasteiger partial charge is 0.224 e. The molecule has 3 nitrogen and oxygen atoms in total. The van der Waals surface area contributed by atoms with E-state index in [2.05, 4.69) is 10.6 Å². The molecule has 1 aliphatic heterocycles. The van der Waals surface area contributed by atoms with Gasteiger partial charge in [0.2, 0.25) is 5.91 Å². The first-order valence-corrected chi connectivity index (χ1v) is 6.80. The second-order valence-corrected chi connectivity index (χ2v) is 5.27. The highest BCUT2D eigenvalue weighted by molar-refractivity contribution is 6.31. The Kier molecular flexibility index (Phi) is 6.63. The van der Waals surface area contributed by atoms with E-state index in [0.29, 0.717) is 17.4 Å². The van der Waals surface area contributed by atoms with Crippen molar-refractivity contribution in [2.45, 2.75) is 26.2 Å². The zero-order valence-corrected chi connectivity index (χ0v) is 12.6. The van der Waals surface area contributed by atoms with Gasteiger partial charge in [0.15, 0.2) is 0 Å². The Labute approximate surface area is 125 Å². The van der Waals surface area contributed by atoms with E-state index < -0.39 is 0 Å². The van der Waals surface area contributed by atoms with Crippen molar-refractivity contribution >= 4 is 35.6 Å². The van der Waals surface area contributed by atoms with Crippen LogP contribution in [0.1, 0.15) is 24.8 Å². The lowest BCUT2D eigenvalue weighted by atomic mass is 9.94. The molecule has 1 aromatic rings. The van der Waals surface area contributed by atoms with Gasteiger partial charge in [-0.3, -0.25) is 4.79 Å². The molecule has 0 bridgehead atoms. The third-order valence-electron chi connectivity index (χ3n) is 3.47. The van der Waals surface area contributed by atoms with Crippen molar-refractivity contribution in [2.75, 3.05) is 18.4 Å². The maximum Gasteiger partial charge on any atom is 0.224 e. The van der Waals surface area contributed by atoms with Gasteiger partial charge in [0, 0.05) is 17.1 Å². The lowest BCUT2D eigenvalue weighted by Gasteiger charge is -2.22. The Bertz CT molecular complexity index is 431. The van der Waals surface area contributed by atoms with E-state index in [-0.39, 0.29) is 18.3 Å². The lowest BCUT2D eigenvalue weighted by molar-refractivity contribution is -0.117. The van der Waals surface area contributed by atoms with Gasteiger partial charge in [0.25, 0.3) is 0 Å². The molecule has 106 valence electrons. The first kappa shape index (κ1) is 16.3. The molecule has 1 saturated heterocycles. The summed E-state index contributed by atoms with van der Waals surface area (Å²) in [6.45, 7) is 3.96. The van der Waals surface area contributed by atoms with Crippen LogP contribution in [-0.4, -0.2) is 19.0 Å². The summed E-state index contributed by atoms with van der Waals surface area (Å²) in [5.74, 6) is 0.595. The van der Waals surface area contributed by atoms with Crippen LogP contribution in [0, 0.1) is 12.8 Å². The van der Waals surface area contributed by atoms with E-state index in [4.69, 9.17) is 11.6 Å². The van der Waals surface area contributed by atoms with Crippen LogP contribution in [0.3, 0.4) is 0 Å². The van der Waals surface area contributed by atoms with Crippen LogP contribution in [0.15, 0.2) is 18.2 Å². The second-order valence-electron chi connectivity index (χ2n) is 4.86. The molecule has 2 N–H and O–H groups in total. The van der Waals surface area contributed by atoms with Crippen LogP contribution in [0.2, 0.25) is 5.02 Å². The molecular formula is C14H20Cl2N2O. The van der Waals surface area contributed by atoms with Crippen LogP contribution < -0.4 is 10.6 Å². The van der Waals surface area contributed by atoms with Crippen molar-refractivity contribution in [3.63, 3.8) is 0 Å². The van der Waals surface area contributed by atoms with Gasteiger partial charge in [0.1, 0.15) is 0 Å². The summed E-state index contributed by atoms with van der Waals surface area (Å²) in [6, 6.07) is 5.58. The lowest BCUT2D eigenvalue weighted by Crippen LogP contribution is -2.30. The average Bonchev–Trinajstić information content (AvgIpc) is 2.36. The maximum absolute atomic E-state index is 12.0. The van der Waals surface area contributed by atoms with Crippen LogP contribution in [-0.2, 0) is 4.79 Å². The summed E-state index contributed by atoms with van der Waals surface area (Å²) in [5, 5.41) is 6.95. The van der Waals surface area contributed by atoms with E-state index in [1.165, 1.54) is 0 Å². The van der Waals surface area contributed by atoms with Crippen molar-refractivity contribution < 1.29 is 4.79 Å². The number of hydrogen-bond acceptors (Lipinski definition) is 2. The number of benzene rings is 1. The molecule has 1 heterocycles. The average molecular weight is 303 g/mol. The SMILES string of the molecule is Cc1c(Cl)cccc1NC(=O)CC1CCNCC1.Cl. The molecule has 0 aliphatic carbocycles. The molecule has 5 heteroatoms. The maximum atomic E-state index is 12.0. The molecule has 1 fully saturated rings. The monoisotopic (exact) mass is 302 g/mol. The molecule has 0 aromatic heterocycles. The van der Waals surface area contributed by atoms with Crippen LogP contribution in [0.4, 0.5) is 5.69 Å². The predicted octanol–water partition coefficient (Wildman–Crippen LogP) is 3.40. The summed E-state index contributed by atoms with van der Waals surface area (Å²) in [7, 11) is 0. The number of nitrogens with one attached hydrogen (secondary N) is 2. The Morgan fingerprint density at radius 2 is 2.11 bits per heavy atom. The predicted molar refractivity (Wildman–Crippen MR) is 82.3 cm³/mol. The standard InChI is InChI=1S/C14H19ClN2O.ClH/c1-10-12(15)3-2-4-13(10)17-14(18)9-11-5-7-16-8-6-11;/h2-4,11,16H,5-9H2,1H3,(H,17,18);1H. The second kappa shape index (κ2) is 7.73. The number of hydrogen-bond donors (Lipinski definition) is 2. The number of halogens is 2. The minimum absolute atomic E-state index is 0. The van der Waals surface area contributed by atoms with Gasteiger partial charge in [-0.05, 0) is 56.5 Å². The molecule has 19 heavy (non-hydrogen) atoms. The fraction of sp³-hybridized carbons (Fsp3) is 0.500. The third kappa shape index (κ3) is 4.68. The molecule has 1 aromatic carbocycles. The number of piperidine rings is 1. The summed E-state index contributed by atoms with van der Waals surface area (Å²) in [4.78, 5) is 12.0. The normalized spacial score (nSPS) is 15.7. The van der Waals surface area contributed by atoms with E-state index in [1.54, 1.807) is 0 Å². The number of carbonyl (C=O) groups is 1. The number of anilines is 1. The Balaban J connectivity index is 0.00000180. The number of carbonyl (C=O) groups excluding carboxylic acids is 1. The molecule has 0 spiro atoms. The minimum atomic E-state index is 0. The quantitative estimate of drug-likeness (QED) is 0.898. The molecule has 1 amide bonds. The number of rotatable bonds is 3. The first-order valence-electron chi connectivity index (χ1n) is 6.42. The van der Waals surface area contributed by atoms with Gasteiger partial charge in [-0.15, -0.1) is 12.4 Å². The highest BCUT2D eigenvalue weighted by Gasteiger charge is 2.17. The van der Waals surface area contributed by atoms with Gasteiger partial charge < -0.3 is 10.6 Å². The van der Waals surface area contributed by atoms with Gasteiger partial charge in [0.05, 0.1) is 0 Å². The molecular weight excluding hydrogens is 283 g/mol. The largest absolute Gasteiger partial charge is 0.326 e. The summed E-state index contributed by atoms with van der Waals surface area (Å²) in [5.41, 5.74) is 1.75. The molecule has 2 rings (SSSR count). The number of amides is 1. The topological polar surface area (TPSA) is 41.1 Å². The van der Waals surface area contributed by atoms with E-state index in [9.17, 15) is 4.79 Å². The third-order valence-corrected chi connectivity index (χ3v) is 3.88. The Morgan fingerprint density at radius 1 is 1.42 bits per heavy atom. The van der Waals surface area contributed by atoms with Crippen molar-refractivity contribution in [1.82, 2.24) is 5.32 Å². The first-order chi connectivity index (χ1) is 8.66. The zero-order valence-electron chi connectivity index (χ0n) is 11.0. The van der Waals surface area contributed by atoms with Crippen molar-refractivity contribution in [1.29, 1.82) is 0 Å². The van der Waals surface area contributed by atoms with Crippen LogP contribution in [0.25, 0.3) is 0 Å². The highest BCUT2D eigenvalue weighted by Crippen LogP contribution is 2.24. The Hall–Kier alpha value is -0.770. The molecule has 1 aliphatic rings. The zero-order chi connectivity index (χ0) is 13.0. The van der Waals surface area contributed by atoms with E-state index in [1.807, 2.05) is 25.1 Å². The van der Waals surface area contributed by atoms with Crippen molar-refractivity contribution in [3.05, 3.63) is 28.8 Å². The molecule has 0 saturated carbocycles. The summed E-state index contributed by atoms with van der Waals surface area (Å²) in [6.07, 6.45) is 2.78. The van der Waals surface area contributed by atoms with Gasteiger partial charge in [-0.25, -0.2) is 0 Å². The fourth-order valence-corrected chi connectivity index (χ4v) is 2.47. The van der Waals surface area contributed by atoms with Crippen molar-refractivity contribution in [3.8, 4) is 0 Å². The van der Waals surface area contributed by atoms with Crippen LogP contribution in [0.5, 0.6) is 0 Å². The van der Waals surface area contributed by atoms with Crippen molar-refractivity contribution in [2.24, 2.45) is 5.92 Å². The summed E-state index contributed by atoms with van der Waals surface area (Å²) < 4.78 is 0. The van der Waals surface area contributed by atoms with E-state index in [0.717, 1.165) is 37.2 Å². The van der Waals surface area contributed by atoms with Crippen LogP contribution >= 0.6 is 24.0 Å².